The molecule has 88 valence electrons. The summed E-state index contributed by atoms with van der Waals surface area (Å²) >= 11 is 6.08. The fraction of sp³-hybridized carbons (Fsp3) is 0.692. The van der Waals surface area contributed by atoms with Gasteiger partial charge in [-0.2, -0.15) is 0 Å². The molecule has 2 nitrogen and oxygen atoms in total. The molecule has 0 unspecified atom stereocenters. The van der Waals surface area contributed by atoms with E-state index >= 15 is 0 Å². The van der Waals surface area contributed by atoms with Crippen LogP contribution in [0.5, 0.6) is 0 Å². The Morgan fingerprint density at radius 1 is 1.19 bits per heavy atom. The molecule has 0 radical (unpaired) electrons. The lowest BCUT2D eigenvalue weighted by Gasteiger charge is -2.19. The van der Waals surface area contributed by atoms with Gasteiger partial charge in [0.1, 0.15) is 11.0 Å². The fourth-order valence-corrected chi connectivity index (χ4v) is 2.39. The largest absolute Gasteiger partial charge is 0.237 e. The Morgan fingerprint density at radius 3 is 2.38 bits per heavy atom. The first-order chi connectivity index (χ1) is 7.47. The van der Waals surface area contributed by atoms with Gasteiger partial charge in [-0.15, -0.1) is 0 Å². The molecular weight excluding hydrogens is 220 g/mol. The van der Waals surface area contributed by atoms with Crippen molar-refractivity contribution in [3.63, 3.8) is 0 Å². The van der Waals surface area contributed by atoms with Crippen molar-refractivity contribution >= 4 is 11.6 Å². The van der Waals surface area contributed by atoms with E-state index in [-0.39, 0.29) is 5.41 Å². The van der Waals surface area contributed by atoms with Gasteiger partial charge in [0, 0.05) is 17.0 Å². The van der Waals surface area contributed by atoms with Gasteiger partial charge in [-0.05, 0) is 18.9 Å². The number of nitrogens with zero attached hydrogens (tertiary/aromatic N) is 2. The molecule has 0 aromatic carbocycles. The first-order valence-electron chi connectivity index (χ1n) is 6.02. The zero-order valence-corrected chi connectivity index (χ0v) is 11.0. The summed E-state index contributed by atoms with van der Waals surface area (Å²) in [5, 5.41) is 0.585. The van der Waals surface area contributed by atoms with E-state index in [1.165, 1.54) is 25.7 Å². The van der Waals surface area contributed by atoms with E-state index in [2.05, 4.69) is 25.8 Å². The van der Waals surface area contributed by atoms with Gasteiger partial charge < -0.3 is 0 Å². The third kappa shape index (κ3) is 2.54. The van der Waals surface area contributed by atoms with Crippen LogP contribution in [0.15, 0.2) is 6.07 Å². The summed E-state index contributed by atoms with van der Waals surface area (Å²) in [7, 11) is 0. The molecule has 1 aromatic rings. The lowest BCUT2D eigenvalue weighted by molar-refractivity contribution is 0.535. The molecule has 0 saturated heterocycles. The molecule has 1 saturated carbocycles. The van der Waals surface area contributed by atoms with Crippen LogP contribution in [0, 0.1) is 0 Å². The fourth-order valence-electron chi connectivity index (χ4n) is 2.20. The zero-order valence-electron chi connectivity index (χ0n) is 10.3. The SMILES string of the molecule is CC(C)(C)c1nc(Cl)cc(C2CCCC2)n1. The molecule has 0 spiro atoms. The monoisotopic (exact) mass is 238 g/mol. The van der Waals surface area contributed by atoms with E-state index in [0.717, 1.165) is 11.5 Å². The van der Waals surface area contributed by atoms with Crippen molar-refractivity contribution < 1.29 is 0 Å². The number of aromatic nitrogens is 2. The van der Waals surface area contributed by atoms with Crippen molar-refractivity contribution in [2.45, 2.75) is 57.8 Å². The van der Waals surface area contributed by atoms with Crippen LogP contribution in [-0.4, -0.2) is 9.97 Å². The second kappa shape index (κ2) is 4.33. The van der Waals surface area contributed by atoms with Gasteiger partial charge in [0.15, 0.2) is 0 Å². The average Bonchev–Trinajstić information content (AvgIpc) is 2.68. The highest BCUT2D eigenvalue weighted by Gasteiger charge is 2.23. The minimum atomic E-state index is -0.0295. The second-order valence-electron chi connectivity index (χ2n) is 5.67. The Hall–Kier alpha value is -0.630. The molecule has 0 bridgehead atoms. The van der Waals surface area contributed by atoms with Gasteiger partial charge in [0.2, 0.25) is 0 Å². The first-order valence-corrected chi connectivity index (χ1v) is 6.39. The second-order valence-corrected chi connectivity index (χ2v) is 6.06. The summed E-state index contributed by atoms with van der Waals surface area (Å²) in [6, 6.07) is 1.94. The van der Waals surface area contributed by atoms with E-state index in [0.29, 0.717) is 11.1 Å². The highest BCUT2D eigenvalue weighted by Crippen LogP contribution is 2.34. The van der Waals surface area contributed by atoms with E-state index < -0.39 is 0 Å². The molecule has 16 heavy (non-hydrogen) atoms. The molecule has 0 atom stereocenters. The first kappa shape index (κ1) is 11.8. The van der Waals surface area contributed by atoms with Crippen LogP contribution < -0.4 is 0 Å². The maximum atomic E-state index is 6.08. The van der Waals surface area contributed by atoms with E-state index in [9.17, 15) is 0 Å². The van der Waals surface area contributed by atoms with E-state index in [1.807, 2.05) is 6.07 Å². The Bertz CT molecular complexity index is 376. The Labute approximate surface area is 102 Å². The minimum Gasteiger partial charge on any atom is -0.237 e. The van der Waals surface area contributed by atoms with Crippen molar-refractivity contribution in [2.24, 2.45) is 0 Å². The summed E-state index contributed by atoms with van der Waals surface area (Å²) < 4.78 is 0. The van der Waals surface area contributed by atoms with Crippen molar-refractivity contribution in [2.75, 3.05) is 0 Å². The molecule has 0 aliphatic heterocycles. The molecule has 1 heterocycles. The normalized spacial score (nSPS) is 18.0. The molecule has 0 amide bonds. The summed E-state index contributed by atoms with van der Waals surface area (Å²) in [5.41, 5.74) is 1.11. The van der Waals surface area contributed by atoms with Crippen LogP contribution in [0.4, 0.5) is 0 Å². The van der Waals surface area contributed by atoms with Crippen molar-refractivity contribution in [3.8, 4) is 0 Å². The van der Waals surface area contributed by atoms with Crippen LogP contribution in [-0.2, 0) is 5.41 Å². The summed E-state index contributed by atoms with van der Waals surface area (Å²) in [6.07, 6.45) is 5.13. The minimum absolute atomic E-state index is 0.0295. The van der Waals surface area contributed by atoms with Crippen LogP contribution >= 0.6 is 11.6 Å². The topological polar surface area (TPSA) is 25.8 Å². The highest BCUT2D eigenvalue weighted by atomic mass is 35.5. The van der Waals surface area contributed by atoms with Gasteiger partial charge in [0.05, 0.1) is 0 Å². The smallest absolute Gasteiger partial charge is 0.135 e. The van der Waals surface area contributed by atoms with Crippen molar-refractivity contribution in [3.05, 3.63) is 22.7 Å². The standard InChI is InChI=1S/C13H19ClN2/c1-13(2,3)12-15-10(8-11(14)16-12)9-6-4-5-7-9/h8-9H,4-7H2,1-3H3. The Morgan fingerprint density at radius 2 is 1.81 bits per heavy atom. The maximum Gasteiger partial charge on any atom is 0.135 e. The van der Waals surface area contributed by atoms with Gasteiger partial charge in [-0.25, -0.2) is 9.97 Å². The third-order valence-corrected chi connectivity index (χ3v) is 3.35. The predicted molar refractivity (Wildman–Crippen MR) is 67.0 cm³/mol. The van der Waals surface area contributed by atoms with Crippen LogP contribution in [0.3, 0.4) is 0 Å². The summed E-state index contributed by atoms with van der Waals surface area (Å²) in [6.45, 7) is 6.37. The Balaban J connectivity index is 2.35. The lowest BCUT2D eigenvalue weighted by atomic mass is 9.95. The number of halogens is 1. The van der Waals surface area contributed by atoms with Gasteiger partial charge in [-0.3, -0.25) is 0 Å². The van der Waals surface area contributed by atoms with Crippen LogP contribution in [0.25, 0.3) is 0 Å². The van der Waals surface area contributed by atoms with Crippen LogP contribution in [0.2, 0.25) is 5.15 Å². The molecule has 1 aliphatic carbocycles. The quantitative estimate of drug-likeness (QED) is 0.689. The van der Waals surface area contributed by atoms with Gasteiger partial charge >= 0.3 is 0 Å². The number of rotatable bonds is 1. The molecule has 1 aromatic heterocycles. The predicted octanol–water partition coefficient (Wildman–Crippen LogP) is 4.09. The molecule has 3 heteroatoms. The number of hydrogen-bond donors (Lipinski definition) is 0. The molecular formula is C13H19ClN2. The highest BCUT2D eigenvalue weighted by molar-refractivity contribution is 6.29. The van der Waals surface area contributed by atoms with Crippen LogP contribution in [0.1, 0.15) is 63.9 Å². The summed E-state index contributed by atoms with van der Waals surface area (Å²) in [5.74, 6) is 1.46. The maximum absolute atomic E-state index is 6.08. The van der Waals surface area contributed by atoms with Gasteiger partial charge in [-0.1, -0.05) is 45.2 Å². The molecule has 1 aliphatic rings. The van der Waals surface area contributed by atoms with Crippen molar-refractivity contribution in [1.29, 1.82) is 0 Å². The molecule has 2 rings (SSSR count). The average molecular weight is 239 g/mol. The van der Waals surface area contributed by atoms with Gasteiger partial charge in [0.25, 0.3) is 0 Å². The van der Waals surface area contributed by atoms with Crippen molar-refractivity contribution in [1.82, 2.24) is 9.97 Å². The number of hydrogen-bond acceptors (Lipinski definition) is 2. The Kier molecular flexibility index (Phi) is 3.20. The summed E-state index contributed by atoms with van der Waals surface area (Å²) in [4.78, 5) is 9.02. The molecule has 0 N–H and O–H groups in total. The zero-order chi connectivity index (χ0) is 11.8. The molecule has 1 fully saturated rings. The third-order valence-electron chi connectivity index (χ3n) is 3.16. The van der Waals surface area contributed by atoms with E-state index in [1.54, 1.807) is 0 Å². The van der Waals surface area contributed by atoms with E-state index in [4.69, 9.17) is 16.6 Å². The lowest BCUT2D eigenvalue weighted by Crippen LogP contribution is -2.17.